The summed E-state index contributed by atoms with van der Waals surface area (Å²) in [5, 5.41) is 19.4. The van der Waals surface area contributed by atoms with Crippen molar-refractivity contribution >= 4 is 0 Å². The van der Waals surface area contributed by atoms with Crippen LogP contribution < -0.4 is 4.74 Å². The minimum absolute atomic E-state index is 0.195. The molecule has 0 radical (unpaired) electrons. The van der Waals surface area contributed by atoms with Gasteiger partial charge in [-0.25, -0.2) is 4.39 Å². The molecule has 0 saturated heterocycles. The van der Waals surface area contributed by atoms with Crippen LogP contribution in [0.1, 0.15) is 44.3 Å². The Morgan fingerprint density at radius 2 is 2.06 bits per heavy atom. The number of ether oxygens (including phenoxy) is 1. The molecule has 0 amide bonds. The van der Waals surface area contributed by atoms with Crippen molar-refractivity contribution in [1.29, 1.82) is 0 Å². The van der Waals surface area contributed by atoms with Gasteiger partial charge in [0.2, 0.25) is 0 Å². The van der Waals surface area contributed by atoms with Crippen molar-refractivity contribution in [2.24, 2.45) is 0 Å². The Hall–Kier alpha value is -1.13. The monoisotopic (exact) mass is 254 g/mol. The molecule has 100 valence electrons. The maximum Gasteiger partial charge on any atom is 0.132 e. The first-order valence-corrected chi connectivity index (χ1v) is 6.33. The number of benzene rings is 1. The van der Waals surface area contributed by atoms with Crippen LogP contribution in [0.15, 0.2) is 18.2 Å². The highest BCUT2D eigenvalue weighted by molar-refractivity contribution is 5.30. The van der Waals surface area contributed by atoms with Gasteiger partial charge in [0.15, 0.2) is 0 Å². The molecule has 1 fully saturated rings. The molecule has 1 aliphatic rings. The molecule has 1 aliphatic carbocycles. The summed E-state index contributed by atoms with van der Waals surface area (Å²) in [5.41, 5.74) is -0.513. The fraction of sp³-hybridized carbons (Fsp3) is 0.571. The lowest BCUT2D eigenvalue weighted by atomic mass is 10.0. The first-order chi connectivity index (χ1) is 8.50. The lowest BCUT2D eigenvalue weighted by molar-refractivity contribution is 0.00128. The summed E-state index contributed by atoms with van der Waals surface area (Å²) < 4.78 is 19.0. The smallest absolute Gasteiger partial charge is 0.132 e. The van der Waals surface area contributed by atoms with Crippen molar-refractivity contribution in [2.75, 3.05) is 6.61 Å². The molecule has 2 N–H and O–H groups in total. The number of hydrogen-bond acceptors (Lipinski definition) is 3. The van der Waals surface area contributed by atoms with E-state index in [2.05, 4.69) is 0 Å². The van der Waals surface area contributed by atoms with Crippen molar-refractivity contribution in [3.8, 4) is 5.75 Å². The lowest BCUT2D eigenvalue weighted by Gasteiger charge is -2.22. The van der Waals surface area contributed by atoms with E-state index in [0.29, 0.717) is 5.75 Å². The highest BCUT2D eigenvalue weighted by Gasteiger charge is 2.31. The van der Waals surface area contributed by atoms with Crippen LogP contribution in [0.3, 0.4) is 0 Å². The quantitative estimate of drug-likeness (QED) is 0.868. The van der Waals surface area contributed by atoms with Crippen molar-refractivity contribution in [3.05, 3.63) is 29.6 Å². The molecular formula is C14H19FO3. The molecular weight excluding hydrogens is 235 g/mol. The summed E-state index contributed by atoms with van der Waals surface area (Å²) in [6.07, 6.45) is 2.66. The zero-order valence-corrected chi connectivity index (χ0v) is 10.5. The summed E-state index contributed by atoms with van der Waals surface area (Å²) in [6.45, 7) is 1.71. The molecule has 1 atom stereocenters. The van der Waals surface area contributed by atoms with Crippen molar-refractivity contribution in [2.45, 2.75) is 44.3 Å². The highest BCUT2D eigenvalue weighted by atomic mass is 19.1. The Morgan fingerprint density at radius 3 is 2.61 bits per heavy atom. The van der Waals surface area contributed by atoms with Crippen LogP contribution in [0.25, 0.3) is 0 Å². The number of hydrogen-bond donors (Lipinski definition) is 2. The molecule has 3 nitrogen and oxygen atoms in total. The number of halogens is 1. The molecule has 2 rings (SSSR count). The van der Waals surface area contributed by atoms with Gasteiger partial charge in [-0.05, 0) is 31.9 Å². The van der Waals surface area contributed by atoms with E-state index < -0.39 is 17.5 Å². The van der Waals surface area contributed by atoms with Gasteiger partial charge in [-0.2, -0.15) is 0 Å². The van der Waals surface area contributed by atoms with E-state index in [1.807, 2.05) is 0 Å². The molecule has 4 heteroatoms. The molecule has 0 unspecified atom stereocenters. The normalized spacial score (nSPS) is 19.8. The summed E-state index contributed by atoms with van der Waals surface area (Å²) in [6, 6.07) is 4.37. The average Bonchev–Trinajstić information content (AvgIpc) is 2.74. The minimum Gasteiger partial charge on any atom is -0.490 e. The van der Waals surface area contributed by atoms with Crippen molar-refractivity contribution in [3.63, 3.8) is 0 Å². The van der Waals surface area contributed by atoms with Gasteiger partial charge in [0.1, 0.15) is 18.2 Å². The van der Waals surface area contributed by atoms with Gasteiger partial charge in [-0.15, -0.1) is 0 Å². The third kappa shape index (κ3) is 3.00. The van der Waals surface area contributed by atoms with Gasteiger partial charge in [0.25, 0.3) is 0 Å². The summed E-state index contributed by atoms with van der Waals surface area (Å²) >= 11 is 0. The van der Waals surface area contributed by atoms with E-state index in [9.17, 15) is 14.6 Å². The first kappa shape index (κ1) is 13.3. The van der Waals surface area contributed by atoms with Gasteiger partial charge in [0, 0.05) is 11.6 Å². The summed E-state index contributed by atoms with van der Waals surface area (Å²) in [5.74, 6) is -0.0989. The molecule has 0 bridgehead atoms. The number of aliphatic hydroxyl groups is 2. The van der Waals surface area contributed by atoms with Crippen molar-refractivity contribution in [1.82, 2.24) is 0 Å². The highest BCUT2D eigenvalue weighted by Crippen LogP contribution is 2.30. The van der Waals surface area contributed by atoms with E-state index in [0.717, 1.165) is 25.7 Å². The molecule has 18 heavy (non-hydrogen) atoms. The molecule has 1 saturated carbocycles. The Balaban J connectivity index is 2.00. The zero-order chi connectivity index (χ0) is 13.2. The maximum absolute atomic E-state index is 13.6. The molecule has 1 aromatic carbocycles. The number of rotatable bonds is 4. The van der Waals surface area contributed by atoms with E-state index in [-0.39, 0.29) is 12.2 Å². The number of aliphatic hydroxyl groups excluding tert-OH is 1. The van der Waals surface area contributed by atoms with Crippen LogP contribution in [0, 0.1) is 5.82 Å². The van der Waals surface area contributed by atoms with Crippen molar-refractivity contribution < 1.29 is 19.3 Å². The Labute approximate surface area is 106 Å². The van der Waals surface area contributed by atoms with E-state index >= 15 is 0 Å². The Morgan fingerprint density at radius 1 is 1.39 bits per heavy atom. The van der Waals surface area contributed by atoms with Crippen LogP contribution in [0.5, 0.6) is 5.75 Å². The van der Waals surface area contributed by atoms with Crippen LogP contribution in [-0.4, -0.2) is 22.4 Å². The van der Waals surface area contributed by atoms with Crippen LogP contribution in [-0.2, 0) is 0 Å². The van der Waals surface area contributed by atoms with Crippen LogP contribution in [0.4, 0.5) is 4.39 Å². The fourth-order valence-electron chi connectivity index (χ4n) is 2.33. The van der Waals surface area contributed by atoms with Gasteiger partial charge in [-0.3, -0.25) is 0 Å². The largest absolute Gasteiger partial charge is 0.490 e. The topological polar surface area (TPSA) is 49.7 Å². The second kappa shape index (κ2) is 5.24. The van der Waals surface area contributed by atoms with Gasteiger partial charge in [0.05, 0.1) is 11.7 Å². The van der Waals surface area contributed by atoms with Crippen LogP contribution >= 0.6 is 0 Å². The van der Waals surface area contributed by atoms with Gasteiger partial charge < -0.3 is 14.9 Å². The van der Waals surface area contributed by atoms with E-state index in [1.165, 1.54) is 19.1 Å². The summed E-state index contributed by atoms with van der Waals surface area (Å²) in [4.78, 5) is 0. The molecule has 0 aromatic heterocycles. The Bertz CT molecular complexity index is 412. The lowest BCUT2D eigenvalue weighted by Crippen LogP contribution is -2.32. The SMILES string of the molecule is C[C@H](O)c1ccc(OCC2(O)CCCC2)cc1F. The predicted molar refractivity (Wildman–Crippen MR) is 65.9 cm³/mol. The van der Waals surface area contributed by atoms with E-state index in [4.69, 9.17) is 4.74 Å². The molecule has 0 aliphatic heterocycles. The first-order valence-electron chi connectivity index (χ1n) is 6.33. The predicted octanol–water partition coefficient (Wildman–Crippen LogP) is 2.56. The maximum atomic E-state index is 13.6. The third-order valence-electron chi connectivity index (χ3n) is 3.46. The van der Waals surface area contributed by atoms with E-state index in [1.54, 1.807) is 6.07 Å². The third-order valence-corrected chi connectivity index (χ3v) is 3.46. The van der Waals surface area contributed by atoms with Crippen LogP contribution in [0.2, 0.25) is 0 Å². The molecule has 0 spiro atoms. The average molecular weight is 254 g/mol. The summed E-state index contributed by atoms with van der Waals surface area (Å²) in [7, 11) is 0. The second-order valence-corrected chi connectivity index (χ2v) is 5.08. The zero-order valence-electron chi connectivity index (χ0n) is 10.5. The standard InChI is InChI=1S/C14H19FO3/c1-10(16)12-5-4-11(8-13(12)15)18-9-14(17)6-2-3-7-14/h4-5,8,10,16-17H,2-3,6-7,9H2,1H3/t10-/m0/s1. The fourth-order valence-corrected chi connectivity index (χ4v) is 2.33. The van der Waals surface area contributed by atoms with Gasteiger partial charge >= 0.3 is 0 Å². The molecule has 1 aromatic rings. The second-order valence-electron chi connectivity index (χ2n) is 5.08. The van der Waals surface area contributed by atoms with Gasteiger partial charge in [-0.1, -0.05) is 12.8 Å². The molecule has 0 heterocycles. The Kier molecular flexibility index (Phi) is 3.88. The minimum atomic E-state index is -0.835.